The predicted octanol–water partition coefficient (Wildman–Crippen LogP) is 0.599. The Kier molecular flexibility index (Phi) is 0.995. The van der Waals surface area contributed by atoms with Crippen molar-refractivity contribution in [1.29, 1.82) is 0 Å². The quantitative estimate of drug-likeness (QED) is 0.521. The highest BCUT2D eigenvalue weighted by atomic mass is 19.3. The van der Waals surface area contributed by atoms with Crippen LogP contribution in [0.5, 0.6) is 0 Å². The van der Waals surface area contributed by atoms with E-state index in [4.69, 9.17) is 5.73 Å². The molecule has 1 saturated carbocycles. The molecule has 1 nitrogen and oxygen atoms in total. The molecule has 42 valence electrons. The first kappa shape index (κ1) is 4.97. The molecule has 1 aliphatic rings. The molecule has 0 spiro atoms. The fraction of sp³-hybridized carbons (Fsp3) is 1.00. The van der Waals surface area contributed by atoms with E-state index in [9.17, 15) is 8.78 Å². The predicted molar refractivity (Wildman–Crippen MR) is 22.1 cm³/mol. The number of rotatable bonds is 1. The summed E-state index contributed by atoms with van der Waals surface area (Å²) in [6.45, 7) is 0. The standard InChI is InChI=1S/C4H7F2N/c5-4(6)2-1-3(2)7/h2-4H,1,7H2/t2?,3-/m0/s1. The van der Waals surface area contributed by atoms with Gasteiger partial charge in [0.05, 0.1) is 0 Å². The van der Waals surface area contributed by atoms with Crippen molar-refractivity contribution >= 4 is 0 Å². The molecule has 0 bridgehead atoms. The molecule has 0 radical (unpaired) electrons. The molecular formula is C4H7F2N. The second-order valence-electron chi connectivity index (χ2n) is 1.90. The summed E-state index contributed by atoms with van der Waals surface area (Å²) >= 11 is 0. The summed E-state index contributed by atoms with van der Waals surface area (Å²) < 4.78 is 22.8. The van der Waals surface area contributed by atoms with Crippen molar-refractivity contribution in [3.8, 4) is 0 Å². The monoisotopic (exact) mass is 107 g/mol. The molecule has 0 saturated heterocycles. The molecule has 0 heterocycles. The van der Waals surface area contributed by atoms with Crippen LogP contribution < -0.4 is 5.73 Å². The number of alkyl halides is 2. The fourth-order valence-electron chi connectivity index (χ4n) is 0.525. The van der Waals surface area contributed by atoms with Gasteiger partial charge in [0.1, 0.15) is 0 Å². The van der Waals surface area contributed by atoms with Crippen LogP contribution in [0.4, 0.5) is 8.78 Å². The van der Waals surface area contributed by atoms with Crippen molar-refractivity contribution in [3.63, 3.8) is 0 Å². The molecule has 0 aromatic carbocycles. The molecule has 0 amide bonds. The van der Waals surface area contributed by atoms with Gasteiger partial charge in [0.15, 0.2) is 0 Å². The zero-order valence-corrected chi connectivity index (χ0v) is 3.77. The van der Waals surface area contributed by atoms with E-state index in [1.54, 1.807) is 0 Å². The summed E-state index contributed by atoms with van der Waals surface area (Å²) in [5.41, 5.74) is 5.09. The van der Waals surface area contributed by atoms with Gasteiger partial charge < -0.3 is 5.73 Å². The Bertz CT molecular complexity index is 74.1. The van der Waals surface area contributed by atoms with Crippen molar-refractivity contribution < 1.29 is 8.78 Å². The normalized spacial score (nSPS) is 39.4. The Balaban J connectivity index is 2.20. The highest BCUT2D eigenvalue weighted by Gasteiger charge is 2.40. The second kappa shape index (κ2) is 1.40. The lowest BCUT2D eigenvalue weighted by Crippen LogP contribution is -2.06. The van der Waals surface area contributed by atoms with E-state index in [1.165, 1.54) is 0 Å². The highest BCUT2D eigenvalue weighted by Crippen LogP contribution is 2.33. The van der Waals surface area contributed by atoms with Crippen LogP contribution in [0.1, 0.15) is 6.42 Å². The summed E-state index contributed by atoms with van der Waals surface area (Å²) in [4.78, 5) is 0. The second-order valence-corrected chi connectivity index (χ2v) is 1.90. The molecule has 1 fully saturated rings. The van der Waals surface area contributed by atoms with E-state index < -0.39 is 12.3 Å². The SMILES string of the molecule is N[C@H]1CC1C(F)F. The van der Waals surface area contributed by atoms with Crippen LogP contribution in [0.2, 0.25) is 0 Å². The number of nitrogens with two attached hydrogens (primary N) is 1. The van der Waals surface area contributed by atoms with Crippen molar-refractivity contribution in [3.05, 3.63) is 0 Å². The van der Waals surface area contributed by atoms with Crippen LogP contribution >= 0.6 is 0 Å². The summed E-state index contributed by atoms with van der Waals surface area (Å²) in [6, 6.07) is -0.208. The van der Waals surface area contributed by atoms with Crippen LogP contribution in [0, 0.1) is 5.92 Å². The molecule has 2 N–H and O–H groups in total. The minimum absolute atomic E-state index is 0.208. The van der Waals surface area contributed by atoms with E-state index in [0.717, 1.165) is 0 Å². The van der Waals surface area contributed by atoms with Gasteiger partial charge in [0, 0.05) is 12.0 Å². The average molecular weight is 107 g/mol. The molecule has 0 aliphatic heterocycles. The van der Waals surface area contributed by atoms with Gasteiger partial charge in [-0.15, -0.1) is 0 Å². The van der Waals surface area contributed by atoms with E-state index >= 15 is 0 Å². The highest BCUT2D eigenvalue weighted by molar-refractivity contribution is 4.91. The third-order valence-electron chi connectivity index (χ3n) is 1.21. The first-order valence-electron chi connectivity index (χ1n) is 2.25. The van der Waals surface area contributed by atoms with Crippen LogP contribution in [-0.2, 0) is 0 Å². The molecule has 7 heavy (non-hydrogen) atoms. The van der Waals surface area contributed by atoms with Crippen molar-refractivity contribution in [2.75, 3.05) is 0 Å². The van der Waals surface area contributed by atoms with Crippen LogP contribution in [0.25, 0.3) is 0 Å². The topological polar surface area (TPSA) is 26.0 Å². The molecule has 0 aromatic heterocycles. The van der Waals surface area contributed by atoms with Crippen molar-refractivity contribution in [2.45, 2.75) is 18.9 Å². The van der Waals surface area contributed by atoms with Gasteiger partial charge in [0.25, 0.3) is 0 Å². The lowest BCUT2D eigenvalue weighted by molar-refractivity contribution is 0.121. The Morgan fingerprint density at radius 3 is 2.00 bits per heavy atom. The summed E-state index contributed by atoms with van der Waals surface area (Å²) in [6.07, 6.45) is -1.67. The lowest BCUT2D eigenvalue weighted by Gasteiger charge is -1.88. The maximum Gasteiger partial charge on any atom is 0.242 e. The average Bonchev–Trinajstić information content (AvgIpc) is 2.17. The summed E-state index contributed by atoms with van der Waals surface area (Å²) in [5, 5.41) is 0. The largest absolute Gasteiger partial charge is 0.327 e. The molecule has 3 heteroatoms. The van der Waals surface area contributed by atoms with Gasteiger partial charge in [0.2, 0.25) is 6.43 Å². The Morgan fingerprint density at radius 1 is 1.57 bits per heavy atom. The molecule has 1 aliphatic carbocycles. The molecular weight excluding hydrogens is 100 g/mol. The van der Waals surface area contributed by atoms with E-state index in [-0.39, 0.29) is 6.04 Å². The first-order chi connectivity index (χ1) is 3.22. The van der Waals surface area contributed by atoms with E-state index in [1.807, 2.05) is 0 Å². The van der Waals surface area contributed by atoms with E-state index in [2.05, 4.69) is 0 Å². The zero-order valence-electron chi connectivity index (χ0n) is 3.77. The number of hydrogen-bond acceptors (Lipinski definition) is 1. The number of halogens is 2. The summed E-state index contributed by atoms with van der Waals surface area (Å²) in [7, 11) is 0. The van der Waals surface area contributed by atoms with Gasteiger partial charge in [-0.3, -0.25) is 0 Å². The van der Waals surface area contributed by atoms with Crippen molar-refractivity contribution in [1.82, 2.24) is 0 Å². The van der Waals surface area contributed by atoms with Gasteiger partial charge in [-0.2, -0.15) is 0 Å². The Hall–Kier alpha value is -0.180. The minimum Gasteiger partial charge on any atom is -0.327 e. The lowest BCUT2D eigenvalue weighted by atomic mass is 10.4. The third-order valence-corrected chi connectivity index (χ3v) is 1.21. The van der Waals surface area contributed by atoms with Gasteiger partial charge in [-0.25, -0.2) is 8.78 Å². The Morgan fingerprint density at radius 2 is 2.00 bits per heavy atom. The summed E-state index contributed by atoms with van der Waals surface area (Å²) in [5.74, 6) is -0.486. The van der Waals surface area contributed by atoms with Gasteiger partial charge >= 0.3 is 0 Å². The zero-order chi connectivity index (χ0) is 5.44. The van der Waals surface area contributed by atoms with Crippen LogP contribution in [0.15, 0.2) is 0 Å². The Labute approximate surface area is 40.5 Å². The van der Waals surface area contributed by atoms with Crippen molar-refractivity contribution in [2.24, 2.45) is 11.7 Å². The van der Waals surface area contributed by atoms with Crippen LogP contribution in [-0.4, -0.2) is 12.5 Å². The van der Waals surface area contributed by atoms with E-state index in [0.29, 0.717) is 6.42 Å². The molecule has 1 unspecified atom stereocenters. The first-order valence-corrected chi connectivity index (χ1v) is 2.25. The van der Waals surface area contributed by atoms with Crippen LogP contribution in [0.3, 0.4) is 0 Å². The van der Waals surface area contributed by atoms with Gasteiger partial charge in [-0.05, 0) is 6.42 Å². The minimum atomic E-state index is -2.19. The molecule has 1 rings (SSSR count). The van der Waals surface area contributed by atoms with Gasteiger partial charge in [-0.1, -0.05) is 0 Å². The maximum atomic E-state index is 11.4. The smallest absolute Gasteiger partial charge is 0.242 e. The number of hydrogen-bond donors (Lipinski definition) is 1. The fourth-order valence-corrected chi connectivity index (χ4v) is 0.525. The maximum absolute atomic E-state index is 11.4. The molecule has 2 atom stereocenters. The molecule has 0 aromatic rings. The third kappa shape index (κ3) is 0.881.